The Labute approximate surface area is 138 Å². The number of amides is 1. The van der Waals surface area contributed by atoms with E-state index in [2.05, 4.69) is 25.6 Å². The van der Waals surface area contributed by atoms with Crippen molar-refractivity contribution in [1.29, 1.82) is 0 Å². The molecule has 1 aromatic carbocycles. The molecular weight excluding hydrogens is 321 g/mol. The lowest BCUT2D eigenvalue weighted by Crippen LogP contribution is -2.39. The number of benzene rings is 1. The molecule has 1 fully saturated rings. The first-order chi connectivity index (χ1) is 11.1. The van der Waals surface area contributed by atoms with Crippen LogP contribution in [0.1, 0.15) is 35.4 Å². The minimum atomic E-state index is -0.450. The van der Waals surface area contributed by atoms with Crippen LogP contribution in [0.2, 0.25) is 5.02 Å². The molecule has 3 rings (SSSR count). The zero-order chi connectivity index (χ0) is 16.4. The molecule has 8 heteroatoms. The lowest BCUT2D eigenvalue weighted by atomic mass is 9.99. The van der Waals surface area contributed by atoms with Gasteiger partial charge in [0.2, 0.25) is 0 Å². The number of likely N-dealkylation sites (N-methyl/N-ethyl adjacent to an activating group) is 1. The molecule has 2 heterocycles. The van der Waals surface area contributed by atoms with E-state index in [1.165, 1.54) is 12.3 Å². The molecule has 1 amide bonds. The third-order valence-electron chi connectivity index (χ3n) is 4.16. The van der Waals surface area contributed by atoms with Crippen molar-refractivity contribution in [2.45, 2.75) is 25.4 Å². The molecule has 23 heavy (non-hydrogen) atoms. The normalized spacial score (nSPS) is 21.5. The van der Waals surface area contributed by atoms with Gasteiger partial charge in [0, 0.05) is 6.54 Å². The van der Waals surface area contributed by atoms with Gasteiger partial charge in [0.05, 0.1) is 23.3 Å². The van der Waals surface area contributed by atoms with E-state index in [-0.39, 0.29) is 28.7 Å². The second-order valence-electron chi connectivity index (χ2n) is 5.47. The smallest absolute Gasteiger partial charge is 0.273 e. The molecule has 2 aromatic rings. The van der Waals surface area contributed by atoms with Gasteiger partial charge in [0.1, 0.15) is 5.82 Å². The Morgan fingerprint density at radius 1 is 1.57 bits per heavy atom. The second kappa shape index (κ2) is 6.64. The predicted octanol–water partition coefficient (Wildman–Crippen LogP) is 2.16. The average Bonchev–Trinajstić information content (AvgIpc) is 3.19. The third-order valence-corrected chi connectivity index (χ3v) is 4.46. The number of nitrogens with zero attached hydrogens (tertiary/aromatic N) is 3. The molecule has 0 unspecified atom stereocenters. The minimum Gasteiger partial charge on any atom is -0.346 e. The van der Waals surface area contributed by atoms with Crippen LogP contribution < -0.4 is 5.32 Å². The number of nitrogens with one attached hydrogen (secondary N) is 2. The lowest BCUT2D eigenvalue weighted by molar-refractivity contribution is 0.0920. The van der Waals surface area contributed by atoms with Gasteiger partial charge in [-0.3, -0.25) is 9.69 Å². The second-order valence-corrected chi connectivity index (χ2v) is 5.88. The largest absolute Gasteiger partial charge is 0.346 e. The maximum Gasteiger partial charge on any atom is 0.273 e. The summed E-state index contributed by atoms with van der Waals surface area (Å²) in [7, 11) is 0. The Kier molecular flexibility index (Phi) is 4.58. The minimum absolute atomic E-state index is 0.0948. The Hall–Kier alpha value is -1.99. The van der Waals surface area contributed by atoms with Crippen molar-refractivity contribution >= 4 is 17.5 Å². The van der Waals surface area contributed by atoms with E-state index in [9.17, 15) is 9.18 Å². The van der Waals surface area contributed by atoms with Crippen LogP contribution in [0.15, 0.2) is 24.4 Å². The summed E-state index contributed by atoms with van der Waals surface area (Å²) >= 11 is 5.77. The molecule has 1 saturated heterocycles. The number of halogens is 2. The predicted molar refractivity (Wildman–Crippen MR) is 83.7 cm³/mol. The van der Waals surface area contributed by atoms with Gasteiger partial charge in [-0.2, -0.15) is 15.4 Å². The maximum atomic E-state index is 13.8. The molecule has 1 aromatic heterocycles. The van der Waals surface area contributed by atoms with Crippen molar-refractivity contribution in [2.24, 2.45) is 0 Å². The van der Waals surface area contributed by atoms with Crippen molar-refractivity contribution in [3.63, 3.8) is 0 Å². The molecule has 0 spiro atoms. The number of hydrogen-bond donors (Lipinski definition) is 2. The van der Waals surface area contributed by atoms with E-state index in [4.69, 9.17) is 11.6 Å². The van der Waals surface area contributed by atoms with Gasteiger partial charge in [0.15, 0.2) is 5.69 Å². The fourth-order valence-corrected chi connectivity index (χ4v) is 3.17. The van der Waals surface area contributed by atoms with E-state index in [1.807, 2.05) is 6.92 Å². The zero-order valence-corrected chi connectivity index (χ0v) is 13.3. The topological polar surface area (TPSA) is 73.9 Å². The van der Waals surface area contributed by atoms with Gasteiger partial charge in [-0.1, -0.05) is 24.6 Å². The van der Waals surface area contributed by atoms with Crippen molar-refractivity contribution in [2.75, 3.05) is 13.1 Å². The average molecular weight is 338 g/mol. The van der Waals surface area contributed by atoms with Gasteiger partial charge in [-0.25, -0.2) is 4.39 Å². The number of aromatic amines is 1. The van der Waals surface area contributed by atoms with E-state index >= 15 is 0 Å². The monoisotopic (exact) mass is 337 g/mol. The standard InChI is InChI=1S/C15H17ClFN5O/c1-2-22-6-5-12(19-15(23)13-8-18-21-20-13)14(22)9-3-4-10(16)11(17)7-9/h3-4,7-8,12,14H,2,5-6H2,1H3,(H,19,23)(H,18,20,21)/t12-,14-/m0/s1. The molecule has 0 radical (unpaired) electrons. The molecule has 6 nitrogen and oxygen atoms in total. The van der Waals surface area contributed by atoms with Crippen LogP contribution in [-0.2, 0) is 0 Å². The van der Waals surface area contributed by atoms with E-state index in [0.717, 1.165) is 25.1 Å². The number of rotatable bonds is 4. The lowest BCUT2D eigenvalue weighted by Gasteiger charge is -2.28. The number of carbonyl (C=O) groups excluding carboxylic acids is 1. The highest BCUT2D eigenvalue weighted by atomic mass is 35.5. The summed E-state index contributed by atoms with van der Waals surface area (Å²) in [6, 6.07) is 4.58. The van der Waals surface area contributed by atoms with Gasteiger partial charge in [-0.15, -0.1) is 0 Å². The fourth-order valence-electron chi connectivity index (χ4n) is 3.06. The highest BCUT2D eigenvalue weighted by Gasteiger charge is 2.36. The van der Waals surface area contributed by atoms with E-state index in [1.54, 1.807) is 12.1 Å². The number of H-pyrrole nitrogens is 1. The van der Waals surface area contributed by atoms with Crippen LogP contribution in [-0.4, -0.2) is 45.3 Å². The zero-order valence-electron chi connectivity index (χ0n) is 12.6. The first-order valence-electron chi connectivity index (χ1n) is 7.45. The summed E-state index contributed by atoms with van der Waals surface area (Å²) in [5.74, 6) is -0.741. The highest BCUT2D eigenvalue weighted by Crippen LogP contribution is 2.33. The summed E-state index contributed by atoms with van der Waals surface area (Å²) < 4.78 is 13.8. The number of aromatic nitrogens is 3. The quantitative estimate of drug-likeness (QED) is 0.896. The molecule has 0 bridgehead atoms. The Bertz CT molecular complexity index is 693. The van der Waals surface area contributed by atoms with Crippen molar-refractivity contribution in [3.05, 3.63) is 46.5 Å². The van der Waals surface area contributed by atoms with E-state index in [0.29, 0.717) is 0 Å². The van der Waals surface area contributed by atoms with Crippen molar-refractivity contribution < 1.29 is 9.18 Å². The summed E-state index contributed by atoms with van der Waals surface area (Å²) in [5, 5.41) is 12.9. The summed E-state index contributed by atoms with van der Waals surface area (Å²) in [5.41, 5.74) is 1.04. The van der Waals surface area contributed by atoms with Crippen LogP contribution in [0.4, 0.5) is 4.39 Å². The van der Waals surface area contributed by atoms with Crippen LogP contribution in [0.5, 0.6) is 0 Å². The molecule has 2 N–H and O–H groups in total. The van der Waals surface area contributed by atoms with Gasteiger partial charge in [0.25, 0.3) is 5.91 Å². The fraction of sp³-hybridized carbons (Fsp3) is 0.400. The van der Waals surface area contributed by atoms with Crippen LogP contribution in [0.3, 0.4) is 0 Å². The van der Waals surface area contributed by atoms with Crippen LogP contribution in [0.25, 0.3) is 0 Å². The summed E-state index contributed by atoms with van der Waals surface area (Å²) in [6.07, 6.45) is 2.16. The Morgan fingerprint density at radius 2 is 2.39 bits per heavy atom. The molecular formula is C15H17ClFN5O. The first-order valence-corrected chi connectivity index (χ1v) is 7.83. The van der Waals surface area contributed by atoms with Crippen molar-refractivity contribution in [1.82, 2.24) is 25.6 Å². The van der Waals surface area contributed by atoms with E-state index < -0.39 is 5.82 Å². The van der Waals surface area contributed by atoms with Crippen molar-refractivity contribution in [3.8, 4) is 0 Å². The number of hydrogen-bond acceptors (Lipinski definition) is 4. The molecule has 2 atom stereocenters. The molecule has 122 valence electrons. The molecule has 0 aliphatic carbocycles. The molecule has 0 saturated carbocycles. The van der Waals surface area contributed by atoms with Gasteiger partial charge >= 0.3 is 0 Å². The summed E-state index contributed by atoms with van der Waals surface area (Å²) in [4.78, 5) is 14.4. The van der Waals surface area contributed by atoms with Crippen LogP contribution in [0, 0.1) is 5.82 Å². The Balaban J connectivity index is 1.84. The third kappa shape index (κ3) is 3.20. The number of carbonyl (C=O) groups is 1. The highest BCUT2D eigenvalue weighted by molar-refractivity contribution is 6.30. The first kappa shape index (κ1) is 15.9. The SMILES string of the molecule is CCN1CC[C@H](NC(=O)c2cn[nH]n2)[C@@H]1c1ccc(Cl)c(F)c1. The number of likely N-dealkylation sites (tertiary alicyclic amines) is 1. The Morgan fingerprint density at radius 3 is 3.04 bits per heavy atom. The van der Waals surface area contributed by atoms with Crippen LogP contribution >= 0.6 is 11.6 Å². The van der Waals surface area contributed by atoms with Gasteiger partial charge < -0.3 is 5.32 Å². The van der Waals surface area contributed by atoms with Gasteiger partial charge in [-0.05, 0) is 30.7 Å². The summed E-state index contributed by atoms with van der Waals surface area (Å²) in [6.45, 7) is 3.68. The molecule has 1 aliphatic heterocycles. The molecule has 1 aliphatic rings. The maximum absolute atomic E-state index is 13.8.